The van der Waals surface area contributed by atoms with Gasteiger partial charge in [-0.3, -0.25) is 14.7 Å². The van der Waals surface area contributed by atoms with Crippen LogP contribution in [0.1, 0.15) is 47.5 Å². The molecule has 2 aromatic heterocycles. The van der Waals surface area contributed by atoms with Gasteiger partial charge in [0.1, 0.15) is 0 Å². The second-order valence-electron chi connectivity index (χ2n) is 9.47. The summed E-state index contributed by atoms with van der Waals surface area (Å²) < 4.78 is 0. The highest BCUT2D eigenvalue weighted by atomic mass is 32.1. The van der Waals surface area contributed by atoms with Crippen molar-refractivity contribution in [3.05, 3.63) is 51.5 Å². The molecule has 1 amide bonds. The van der Waals surface area contributed by atoms with Gasteiger partial charge in [-0.05, 0) is 81.3 Å². The van der Waals surface area contributed by atoms with Crippen molar-refractivity contribution in [3.63, 3.8) is 0 Å². The van der Waals surface area contributed by atoms with E-state index in [0.717, 1.165) is 70.8 Å². The molecule has 0 bridgehead atoms. The monoisotopic (exact) mass is 438 g/mol. The molecule has 0 unspecified atom stereocenters. The van der Waals surface area contributed by atoms with Gasteiger partial charge in [0, 0.05) is 55.3 Å². The van der Waals surface area contributed by atoms with Crippen molar-refractivity contribution in [1.82, 2.24) is 19.7 Å². The van der Waals surface area contributed by atoms with Gasteiger partial charge in [-0.25, -0.2) is 0 Å². The summed E-state index contributed by atoms with van der Waals surface area (Å²) in [5.74, 6) is 0.626. The van der Waals surface area contributed by atoms with Crippen LogP contribution in [0.25, 0.3) is 0 Å². The van der Waals surface area contributed by atoms with Crippen molar-refractivity contribution >= 4 is 17.2 Å². The van der Waals surface area contributed by atoms with Gasteiger partial charge in [-0.2, -0.15) is 0 Å². The first-order chi connectivity index (χ1) is 15.2. The van der Waals surface area contributed by atoms with Crippen LogP contribution in [0.15, 0.2) is 29.6 Å². The molecule has 3 aliphatic heterocycles. The average Bonchev–Trinajstić information content (AvgIpc) is 3.27. The molecule has 5 heterocycles. The zero-order chi connectivity index (χ0) is 21.2. The molecule has 0 saturated carbocycles. The Morgan fingerprint density at radius 2 is 1.87 bits per heavy atom. The van der Waals surface area contributed by atoms with E-state index >= 15 is 0 Å². The SMILES string of the molecule is Cc1cccc(CN2CCC(N3CCC(C(=O)N4CCc5sccc5C4)CC3)CC2)n1. The molecule has 0 radical (unpaired) electrons. The summed E-state index contributed by atoms with van der Waals surface area (Å²) in [6.07, 6.45) is 5.56. The number of fused-ring (bicyclic) bond motifs is 1. The molecule has 0 atom stereocenters. The maximum absolute atomic E-state index is 13.1. The fourth-order valence-electron chi connectivity index (χ4n) is 5.57. The summed E-state index contributed by atoms with van der Waals surface area (Å²) in [5, 5.41) is 2.17. The standard InChI is InChI=1S/C25H34N4OS/c1-19-3-2-4-22(26-19)18-27-11-7-23(8-12-27)28-13-5-20(6-14-28)25(30)29-15-9-24-21(17-29)10-16-31-24/h2-4,10,16,20,23H,5-9,11-15,17-18H2,1H3. The van der Waals surface area contributed by atoms with Crippen LogP contribution >= 0.6 is 11.3 Å². The van der Waals surface area contributed by atoms with Crippen LogP contribution in [0, 0.1) is 12.8 Å². The molecule has 0 spiro atoms. The van der Waals surface area contributed by atoms with Gasteiger partial charge in [0.05, 0.1) is 5.69 Å². The first-order valence-electron chi connectivity index (χ1n) is 11.9. The Bertz CT molecular complexity index is 896. The number of carbonyl (C=O) groups excluding carboxylic acids is 1. The highest BCUT2D eigenvalue weighted by Crippen LogP contribution is 2.29. The number of amides is 1. The molecule has 2 aromatic rings. The molecule has 2 fully saturated rings. The third kappa shape index (κ3) is 4.86. The highest BCUT2D eigenvalue weighted by molar-refractivity contribution is 7.10. The molecule has 5 nitrogen and oxygen atoms in total. The number of likely N-dealkylation sites (tertiary alicyclic amines) is 2. The number of aryl methyl sites for hydroxylation is 1. The fourth-order valence-corrected chi connectivity index (χ4v) is 6.46. The van der Waals surface area contributed by atoms with E-state index in [0.29, 0.717) is 11.9 Å². The molecule has 2 saturated heterocycles. The molecule has 166 valence electrons. The van der Waals surface area contributed by atoms with Crippen molar-refractivity contribution in [1.29, 1.82) is 0 Å². The number of piperidine rings is 2. The lowest BCUT2D eigenvalue weighted by Crippen LogP contribution is -2.49. The molecule has 6 heteroatoms. The van der Waals surface area contributed by atoms with E-state index < -0.39 is 0 Å². The first-order valence-corrected chi connectivity index (χ1v) is 12.8. The first kappa shape index (κ1) is 21.1. The van der Waals surface area contributed by atoms with Crippen molar-refractivity contribution in [2.45, 2.75) is 58.2 Å². The molecule has 0 aliphatic carbocycles. The molecule has 0 aromatic carbocycles. The van der Waals surface area contributed by atoms with Gasteiger partial charge in [0.2, 0.25) is 5.91 Å². The third-order valence-corrected chi connectivity index (χ3v) is 8.43. The smallest absolute Gasteiger partial charge is 0.226 e. The van der Waals surface area contributed by atoms with Crippen LogP contribution in [-0.2, 0) is 24.3 Å². The van der Waals surface area contributed by atoms with E-state index in [1.54, 1.807) is 0 Å². The Balaban J connectivity index is 1.07. The van der Waals surface area contributed by atoms with E-state index in [9.17, 15) is 4.79 Å². The number of nitrogens with zero attached hydrogens (tertiary/aromatic N) is 4. The Morgan fingerprint density at radius 1 is 1.06 bits per heavy atom. The van der Waals surface area contributed by atoms with Crippen LogP contribution in [0.5, 0.6) is 0 Å². The zero-order valence-electron chi connectivity index (χ0n) is 18.6. The van der Waals surface area contributed by atoms with Gasteiger partial charge in [-0.15, -0.1) is 11.3 Å². The van der Waals surface area contributed by atoms with Crippen molar-refractivity contribution < 1.29 is 4.79 Å². The number of hydrogen-bond acceptors (Lipinski definition) is 5. The Hall–Kier alpha value is -1.76. The largest absolute Gasteiger partial charge is 0.338 e. The fraction of sp³-hybridized carbons (Fsp3) is 0.600. The second kappa shape index (κ2) is 9.39. The number of rotatable bonds is 4. The van der Waals surface area contributed by atoms with Crippen molar-refractivity contribution in [3.8, 4) is 0 Å². The zero-order valence-corrected chi connectivity index (χ0v) is 19.4. The maximum Gasteiger partial charge on any atom is 0.226 e. The van der Waals surface area contributed by atoms with E-state index in [2.05, 4.69) is 56.3 Å². The maximum atomic E-state index is 13.1. The third-order valence-electron chi connectivity index (χ3n) is 7.40. The van der Waals surface area contributed by atoms with E-state index in [-0.39, 0.29) is 5.92 Å². The number of thiophene rings is 1. The normalized spacial score (nSPS) is 21.9. The van der Waals surface area contributed by atoms with Crippen LogP contribution in [0.3, 0.4) is 0 Å². The lowest BCUT2D eigenvalue weighted by molar-refractivity contribution is -0.138. The predicted octanol–water partition coefficient (Wildman–Crippen LogP) is 3.71. The Morgan fingerprint density at radius 3 is 2.65 bits per heavy atom. The van der Waals surface area contributed by atoms with Crippen molar-refractivity contribution in [2.24, 2.45) is 5.92 Å². The Labute approximate surface area is 190 Å². The molecule has 3 aliphatic rings. The van der Waals surface area contributed by atoms with Crippen LogP contribution in [0.2, 0.25) is 0 Å². The Kier molecular flexibility index (Phi) is 6.39. The van der Waals surface area contributed by atoms with Crippen molar-refractivity contribution in [2.75, 3.05) is 32.7 Å². The van der Waals surface area contributed by atoms with Crippen LogP contribution in [-0.4, -0.2) is 64.4 Å². The van der Waals surface area contributed by atoms with Gasteiger partial charge in [-0.1, -0.05) is 6.07 Å². The van der Waals surface area contributed by atoms with Crippen LogP contribution < -0.4 is 0 Å². The van der Waals surface area contributed by atoms with E-state index in [4.69, 9.17) is 0 Å². The van der Waals surface area contributed by atoms with Crippen LogP contribution in [0.4, 0.5) is 0 Å². The summed E-state index contributed by atoms with van der Waals surface area (Å²) >= 11 is 1.84. The lowest BCUT2D eigenvalue weighted by atomic mass is 9.91. The average molecular weight is 439 g/mol. The van der Waals surface area contributed by atoms with Gasteiger partial charge in [0.25, 0.3) is 0 Å². The quantitative estimate of drug-likeness (QED) is 0.730. The molecular weight excluding hydrogens is 404 g/mol. The summed E-state index contributed by atoms with van der Waals surface area (Å²) in [5.41, 5.74) is 3.66. The second-order valence-corrected chi connectivity index (χ2v) is 10.5. The lowest BCUT2D eigenvalue weighted by Gasteiger charge is -2.42. The highest BCUT2D eigenvalue weighted by Gasteiger charge is 2.33. The summed E-state index contributed by atoms with van der Waals surface area (Å²) in [7, 11) is 0. The minimum Gasteiger partial charge on any atom is -0.338 e. The van der Waals surface area contributed by atoms with Gasteiger partial charge < -0.3 is 9.80 Å². The van der Waals surface area contributed by atoms with E-state index in [1.165, 1.54) is 29.0 Å². The number of hydrogen-bond donors (Lipinski definition) is 0. The minimum atomic E-state index is 0.226. The topological polar surface area (TPSA) is 39.7 Å². The molecule has 0 N–H and O–H groups in total. The van der Waals surface area contributed by atoms with E-state index in [1.807, 2.05) is 11.3 Å². The minimum absolute atomic E-state index is 0.226. The number of pyridine rings is 1. The molecule has 31 heavy (non-hydrogen) atoms. The summed E-state index contributed by atoms with van der Waals surface area (Å²) in [6.45, 7) is 9.22. The number of carbonyl (C=O) groups is 1. The summed E-state index contributed by atoms with van der Waals surface area (Å²) in [6, 6.07) is 9.20. The van der Waals surface area contributed by atoms with Gasteiger partial charge >= 0.3 is 0 Å². The number of aromatic nitrogens is 1. The molecular formula is C25H34N4OS. The van der Waals surface area contributed by atoms with Gasteiger partial charge in [0.15, 0.2) is 0 Å². The summed E-state index contributed by atoms with van der Waals surface area (Å²) in [4.78, 5) is 26.6. The molecule has 5 rings (SSSR count). The predicted molar refractivity (Wildman–Crippen MR) is 125 cm³/mol.